The molecule has 0 aromatic carbocycles. The standard InChI is InChI=1S/C17H24N4O2S/c1-12-9-15(20(2)19-12)21-7-4-5-14(10-21)18-16(17(22)23-3)13-6-8-24-11-13/h6,8-9,11,14,16,18H,4-5,7,10H2,1-3H3/t14-,16-/m0/s1. The van der Waals surface area contributed by atoms with Gasteiger partial charge in [-0.3, -0.25) is 10.00 Å². The average molecular weight is 348 g/mol. The molecule has 0 bridgehead atoms. The molecule has 0 saturated carbocycles. The summed E-state index contributed by atoms with van der Waals surface area (Å²) in [6, 6.07) is 3.92. The molecule has 0 radical (unpaired) electrons. The van der Waals surface area contributed by atoms with Gasteiger partial charge >= 0.3 is 5.97 Å². The van der Waals surface area contributed by atoms with E-state index in [1.54, 1.807) is 11.3 Å². The maximum absolute atomic E-state index is 12.2. The van der Waals surface area contributed by atoms with Crippen LogP contribution in [0.4, 0.5) is 5.82 Å². The van der Waals surface area contributed by atoms with Gasteiger partial charge in [0.05, 0.1) is 12.8 Å². The van der Waals surface area contributed by atoms with Gasteiger partial charge in [-0.15, -0.1) is 0 Å². The molecule has 0 amide bonds. The van der Waals surface area contributed by atoms with Gasteiger partial charge in [-0.2, -0.15) is 16.4 Å². The van der Waals surface area contributed by atoms with Gasteiger partial charge in [-0.1, -0.05) is 0 Å². The first-order valence-electron chi connectivity index (χ1n) is 8.20. The van der Waals surface area contributed by atoms with Gasteiger partial charge in [0, 0.05) is 32.2 Å². The molecule has 7 heteroatoms. The number of piperidine rings is 1. The lowest BCUT2D eigenvalue weighted by Crippen LogP contribution is -2.48. The van der Waals surface area contributed by atoms with Gasteiger partial charge < -0.3 is 9.64 Å². The fourth-order valence-corrected chi connectivity index (χ4v) is 3.99. The topological polar surface area (TPSA) is 59.4 Å². The number of nitrogens with zero attached hydrogens (tertiary/aromatic N) is 3. The first-order chi connectivity index (χ1) is 11.6. The summed E-state index contributed by atoms with van der Waals surface area (Å²) in [6.07, 6.45) is 2.13. The van der Waals surface area contributed by atoms with Crippen LogP contribution >= 0.6 is 11.3 Å². The minimum Gasteiger partial charge on any atom is -0.468 e. The van der Waals surface area contributed by atoms with Crippen molar-refractivity contribution in [1.29, 1.82) is 0 Å². The summed E-state index contributed by atoms with van der Waals surface area (Å²) in [7, 11) is 3.41. The van der Waals surface area contributed by atoms with Crippen molar-refractivity contribution in [2.24, 2.45) is 7.05 Å². The molecule has 1 N–H and O–H groups in total. The monoisotopic (exact) mass is 348 g/mol. The number of nitrogens with one attached hydrogen (secondary N) is 1. The molecule has 3 heterocycles. The van der Waals surface area contributed by atoms with Crippen LogP contribution in [0.5, 0.6) is 0 Å². The van der Waals surface area contributed by atoms with Gasteiger partial charge in [0.25, 0.3) is 0 Å². The van der Waals surface area contributed by atoms with E-state index >= 15 is 0 Å². The molecule has 130 valence electrons. The number of hydrogen-bond acceptors (Lipinski definition) is 6. The molecule has 0 aliphatic carbocycles. The zero-order chi connectivity index (χ0) is 17.1. The van der Waals surface area contributed by atoms with Crippen molar-refractivity contribution in [3.8, 4) is 0 Å². The van der Waals surface area contributed by atoms with Gasteiger partial charge in [0.15, 0.2) is 0 Å². The third-order valence-electron chi connectivity index (χ3n) is 4.44. The first kappa shape index (κ1) is 17.0. The van der Waals surface area contributed by atoms with E-state index in [0.29, 0.717) is 0 Å². The Kier molecular flexibility index (Phi) is 5.20. The minimum atomic E-state index is -0.403. The average Bonchev–Trinajstić information content (AvgIpc) is 3.21. The number of ether oxygens (including phenoxy) is 1. The lowest BCUT2D eigenvalue weighted by Gasteiger charge is -2.35. The Labute approximate surface area is 146 Å². The molecule has 0 unspecified atom stereocenters. The van der Waals surface area contributed by atoms with Crippen molar-refractivity contribution < 1.29 is 9.53 Å². The maximum Gasteiger partial charge on any atom is 0.327 e. The van der Waals surface area contributed by atoms with E-state index in [4.69, 9.17) is 4.74 Å². The SMILES string of the molecule is COC(=O)[C@@H](N[C@H]1CCCN(c2cc(C)nn2C)C1)c1ccsc1. The molecule has 6 nitrogen and oxygen atoms in total. The second kappa shape index (κ2) is 7.36. The molecule has 2 aromatic heterocycles. The van der Waals surface area contributed by atoms with E-state index in [0.717, 1.165) is 43.0 Å². The lowest BCUT2D eigenvalue weighted by molar-refractivity contribution is -0.143. The van der Waals surface area contributed by atoms with E-state index in [1.165, 1.54) is 7.11 Å². The van der Waals surface area contributed by atoms with E-state index in [2.05, 4.69) is 21.4 Å². The molecule has 1 fully saturated rings. The fourth-order valence-electron chi connectivity index (χ4n) is 3.31. The number of carbonyl (C=O) groups is 1. The highest BCUT2D eigenvalue weighted by Crippen LogP contribution is 2.24. The highest BCUT2D eigenvalue weighted by Gasteiger charge is 2.28. The first-order valence-corrected chi connectivity index (χ1v) is 9.14. The fraction of sp³-hybridized carbons (Fsp3) is 0.529. The zero-order valence-corrected chi connectivity index (χ0v) is 15.2. The summed E-state index contributed by atoms with van der Waals surface area (Å²) in [6.45, 7) is 3.88. The van der Waals surface area contributed by atoms with E-state index in [9.17, 15) is 4.79 Å². The molecule has 24 heavy (non-hydrogen) atoms. The predicted octanol–water partition coefficient (Wildman–Crippen LogP) is 2.26. The highest BCUT2D eigenvalue weighted by molar-refractivity contribution is 7.08. The van der Waals surface area contributed by atoms with Crippen molar-refractivity contribution >= 4 is 23.1 Å². The van der Waals surface area contributed by atoms with Crippen LogP contribution in [0.2, 0.25) is 0 Å². The summed E-state index contributed by atoms with van der Waals surface area (Å²) < 4.78 is 6.91. The Morgan fingerprint density at radius 1 is 1.54 bits per heavy atom. The van der Waals surface area contributed by atoms with Gasteiger partial charge in [-0.05, 0) is 42.2 Å². The van der Waals surface area contributed by atoms with Crippen LogP contribution < -0.4 is 10.2 Å². The molecule has 1 aliphatic heterocycles. The third-order valence-corrected chi connectivity index (χ3v) is 5.14. The normalized spacial score (nSPS) is 19.3. The molecular formula is C17H24N4O2S. The second-order valence-electron chi connectivity index (χ2n) is 6.23. The molecule has 1 aliphatic rings. The molecule has 2 atom stereocenters. The number of thiophene rings is 1. The van der Waals surface area contributed by atoms with Crippen LogP contribution in [-0.2, 0) is 16.6 Å². The molecule has 2 aromatic rings. The van der Waals surface area contributed by atoms with Crippen LogP contribution in [0.1, 0.15) is 30.1 Å². The highest BCUT2D eigenvalue weighted by atomic mass is 32.1. The quantitative estimate of drug-likeness (QED) is 0.840. The van der Waals surface area contributed by atoms with Crippen molar-refractivity contribution in [3.63, 3.8) is 0 Å². The second-order valence-corrected chi connectivity index (χ2v) is 7.01. The Morgan fingerprint density at radius 2 is 2.38 bits per heavy atom. The van der Waals surface area contributed by atoms with Crippen molar-refractivity contribution in [2.75, 3.05) is 25.1 Å². The summed E-state index contributed by atoms with van der Waals surface area (Å²) >= 11 is 1.59. The van der Waals surface area contributed by atoms with E-state index < -0.39 is 6.04 Å². The van der Waals surface area contributed by atoms with Crippen molar-refractivity contribution in [1.82, 2.24) is 15.1 Å². The summed E-state index contributed by atoms with van der Waals surface area (Å²) in [5.74, 6) is 0.894. The number of methoxy groups -OCH3 is 1. The lowest BCUT2D eigenvalue weighted by atomic mass is 10.0. The molecular weight excluding hydrogens is 324 g/mol. The van der Waals surface area contributed by atoms with Gasteiger partial charge in [0.2, 0.25) is 0 Å². The van der Waals surface area contributed by atoms with Crippen LogP contribution in [0.15, 0.2) is 22.9 Å². The minimum absolute atomic E-state index is 0.234. The summed E-state index contributed by atoms with van der Waals surface area (Å²) in [5.41, 5.74) is 1.99. The van der Waals surface area contributed by atoms with Crippen molar-refractivity contribution in [3.05, 3.63) is 34.2 Å². The number of aromatic nitrogens is 2. The van der Waals surface area contributed by atoms with Gasteiger partial charge in [0.1, 0.15) is 11.9 Å². The number of rotatable bonds is 5. The maximum atomic E-state index is 12.2. The zero-order valence-electron chi connectivity index (χ0n) is 14.4. The number of esters is 1. The molecule has 1 saturated heterocycles. The Balaban J connectivity index is 1.72. The largest absolute Gasteiger partial charge is 0.468 e. The molecule has 0 spiro atoms. The van der Waals surface area contributed by atoms with Crippen molar-refractivity contribution in [2.45, 2.75) is 31.8 Å². The molecule has 3 rings (SSSR count). The van der Waals surface area contributed by atoms with Crippen LogP contribution in [0, 0.1) is 6.92 Å². The number of aryl methyl sites for hydroxylation is 2. The smallest absolute Gasteiger partial charge is 0.327 e. The van der Waals surface area contributed by atoms with E-state index in [-0.39, 0.29) is 12.0 Å². The number of hydrogen-bond donors (Lipinski definition) is 1. The van der Waals surface area contributed by atoms with E-state index in [1.807, 2.05) is 35.5 Å². The van der Waals surface area contributed by atoms with Crippen LogP contribution in [0.3, 0.4) is 0 Å². The van der Waals surface area contributed by atoms with Crippen LogP contribution in [0.25, 0.3) is 0 Å². The van der Waals surface area contributed by atoms with Crippen LogP contribution in [-0.4, -0.2) is 42.0 Å². The summed E-state index contributed by atoms with van der Waals surface area (Å²) in [4.78, 5) is 14.5. The van der Waals surface area contributed by atoms with Gasteiger partial charge in [-0.25, -0.2) is 4.79 Å². The number of carbonyl (C=O) groups excluding carboxylic acids is 1. The predicted molar refractivity (Wildman–Crippen MR) is 95.4 cm³/mol. The summed E-state index contributed by atoms with van der Waals surface area (Å²) in [5, 5.41) is 11.9. The number of anilines is 1. The third kappa shape index (κ3) is 3.62. The Hall–Kier alpha value is -1.86. The Bertz CT molecular complexity index is 683. The Morgan fingerprint density at radius 3 is 3.00 bits per heavy atom.